The Balaban J connectivity index is 1.77. The molecule has 0 spiro atoms. The second-order valence-electron chi connectivity index (χ2n) is 8.33. The van der Waals surface area contributed by atoms with E-state index in [1.807, 2.05) is 6.07 Å². The van der Waals surface area contributed by atoms with Gasteiger partial charge >= 0.3 is 5.97 Å². The number of methoxy groups -OCH3 is 1. The molecule has 1 fully saturated rings. The highest BCUT2D eigenvalue weighted by Gasteiger charge is 2.50. The van der Waals surface area contributed by atoms with Crippen molar-refractivity contribution in [3.8, 4) is 17.2 Å². The number of cyclic esters (lactones) is 1. The molecule has 146 valence electrons. The van der Waals surface area contributed by atoms with Crippen LogP contribution in [0, 0.1) is 5.41 Å². The summed E-state index contributed by atoms with van der Waals surface area (Å²) in [5.74, 6) is 1.44. The van der Waals surface area contributed by atoms with Gasteiger partial charge in [0.05, 0.1) is 46.3 Å². The summed E-state index contributed by atoms with van der Waals surface area (Å²) in [5, 5.41) is 0. The lowest BCUT2D eigenvalue weighted by Gasteiger charge is -2.43. The van der Waals surface area contributed by atoms with Gasteiger partial charge in [0.2, 0.25) is 12.5 Å². The minimum atomic E-state index is -1.05. The lowest BCUT2D eigenvalue weighted by atomic mass is 9.78. The molecule has 0 unspecified atom stereocenters. The summed E-state index contributed by atoms with van der Waals surface area (Å²) in [6.07, 6.45) is 1.55. The van der Waals surface area contributed by atoms with Gasteiger partial charge < -0.3 is 23.4 Å². The predicted octanol–water partition coefficient (Wildman–Crippen LogP) is 2.01. The molecule has 2 atom stereocenters. The summed E-state index contributed by atoms with van der Waals surface area (Å²) in [7, 11) is 5.83. The molecule has 4 rings (SSSR count). The van der Waals surface area contributed by atoms with Gasteiger partial charge in [0.15, 0.2) is 17.3 Å². The van der Waals surface area contributed by atoms with Crippen molar-refractivity contribution in [1.29, 1.82) is 0 Å². The Hall–Kier alpha value is -2.28. The number of Topliss-reactive ketones (excluding diaryl/α,β-unsaturated/α-hetero) is 1. The van der Waals surface area contributed by atoms with Gasteiger partial charge in [-0.3, -0.25) is 9.59 Å². The summed E-state index contributed by atoms with van der Waals surface area (Å²) in [5.41, 5.74) is 1.05. The molecule has 0 aliphatic carbocycles. The lowest BCUT2D eigenvalue weighted by Crippen LogP contribution is -2.49. The fraction of sp³-hybridized carbons (Fsp3) is 0.600. The van der Waals surface area contributed by atoms with Crippen LogP contribution in [-0.4, -0.2) is 57.4 Å². The van der Waals surface area contributed by atoms with E-state index in [9.17, 15) is 9.59 Å². The van der Waals surface area contributed by atoms with Crippen LogP contribution in [0.4, 0.5) is 0 Å². The zero-order valence-corrected chi connectivity index (χ0v) is 16.3. The van der Waals surface area contributed by atoms with E-state index < -0.39 is 11.4 Å². The van der Waals surface area contributed by atoms with Gasteiger partial charge in [0.1, 0.15) is 11.5 Å². The standard InChI is InChI=1S/C20H26NO6/c1-20(6-8-25-19(20)23)15(22)10-13-16-12(5-7-21(13,2)3)9-14-17(18(16)24-4)27-11-26-14/h9,13H,5-8,10-11H2,1-4H3/q+1/t13-,20+/m1/s1. The maximum atomic E-state index is 13.2. The Morgan fingerprint density at radius 1 is 1.33 bits per heavy atom. The van der Waals surface area contributed by atoms with Gasteiger partial charge in [0.25, 0.3) is 0 Å². The third-order valence-electron chi connectivity index (χ3n) is 6.36. The molecule has 3 heterocycles. The molecular weight excluding hydrogens is 350 g/mol. The quantitative estimate of drug-likeness (QED) is 0.455. The monoisotopic (exact) mass is 376 g/mol. The van der Waals surface area contributed by atoms with Crippen LogP contribution in [0.3, 0.4) is 0 Å². The van der Waals surface area contributed by atoms with E-state index in [0.29, 0.717) is 34.8 Å². The number of quaternary nitrogens is 1. The molecule has 27 heavy (non-hydrogen) atoms. The number of likely N-dealkylation sites (N-methyl/N-ethyl adjacent to an activating group) is 1. The van der Waals surface area contributed by atoms with E-state index in [-0.39, 0.29) is 25.0 Å². The molecule has 3 aliphatic rings. The molecule has 0 aromatic heterocycles. The molecule has 3 aliphatic heterocycles. The zero-order valence-electron chi connectivity index (χ0n) is 16.3. The molecular formula is C20H26NO6+. The number of rotatable bonds is 4. The average Bonchev–Trinajstić information content (AvgIpc) is 3.23. The predicted molar refractivity (Wildman–Crippen MR) is 95.8 cm³/mol. The number of hydrogen-bond donors (Lipinski definition) is 0. The molecule has 0 radical (unpaired) electrons. The number of esters is 1. The van der Waals surface area contributed by atoms with E-state index in [1.54, 1.807) is 14.0 Å². The van der Waals surface area contributed by atoms with Crippen molar-refractivity contribution in [3.63, 3.8) is 0 Å². The summed E-state index contributed by atoms with van der Waals surface area (Å²) in [6.45, 7) is 3.06. The minimum absolute atomic E-state index is 0.0752. The highest BCUT2D eigenvalue weighted by atomic mass is 16.7. The van der Waals surface area contributed by atoms with Crippen LogP contribution in [0.5, 0.6) is 17.2 Å². The first-order valence-electron chi connectivity index (χ1n) is 9.30. The first-order valence-corrected chi connectivity index (χ1v) is 9.30. The first-order chi connectivity index (χ1) is 12.8. The van der Waals surface area contributed by atoms with Crippen molar-refractivity contribution in [2.75, 3.05) is 41.1 Å². The van der Waals surface area contributed by atoms with Crippen molar-refractivity contribution in [2.24, 2.45) is 5.41 Å². The maximum absolute atomic E-state index is 13.2. The Bertz CT molecular complexity index is 817. The van der Waals surface area contributed by atoms with Crippen molar-refractivity contribution in [3.05, 3.63) is 17.2 Å². The summed E-state index contributed by atoms with van der Waals surface area (Å²) in [6, 6.07) is 1.87. The second kappa shape index (κ2) is 6.12. The van der Waals surface area contributed by atoms with Crippen LogP contribution >= 0.6 is 0 Å². The molecule has 1 aromatic carbocycles. The van der Waals surface area contributed by atoms with Crippen molar-refractivity contribution in [1.82, 2.24) is 0 Å². The highest BCUT2D eigenvalue weighted by Crippen LogP contribution is 2.52. The third kappa shape index (κ3) is 2.67. The normalized spacial score (nSPS) is 27.9. The average molecular weight is 376 g/mol. The fourth-order valence-corrected chi connectivity index (χ4v) is 4.38. The van der Waals surface area contributed by atoms with Gasteiger partial charge in [0, 0.05) is 12.8 Å². The molecule has 0 amide bonds. The number of benzene rings is 1. The Morgan fingerprint density at radius 2 is 2.11 bits per heavy atom. The maximum Gasteiger partial charge on any atom is 0.319 e. The van der Waals surface area contributed by atoms with Crippen LogP contribution in [0.25, 0.3) is 0 Å². The van der Waals surface area contributed by atoms with Gasteiger partial charge in [-0.1, -0.05) is 0 Å². The fourth-order valence-electron chi connectivity index (χ4n) is 4.38. The molecule has 0 N–H and O–H groups in total. The van der Waals surface area contributed by atoms with E-state index in [1.165, 1.54) is 0 Å². The van der Waals surface area contributed by atoms with E-state index in [4.69, 9.17) is 18.9 Å². The van der Waals surface area contributed by atoms with Crippen LogP contribution in [0.1, 0.15) is 36.9 Å². The van der Waals surface area contributed by atoms with Crippen LogP contribution in [0.2, 0.25) is 0 Å². The zero-order chi connectivity index (χ0) is 19.4. The molecule has 0 saturated carbocycles. The van der Waals surface area contributed by atoms with E-state index in [0.717, 1.165) is 24.1 Å². The third-order valence-corrected chi connectivity index (χ3v) is 6.36. The van der Waals surface area contributed by atoms with Crippen LogP contribution in [0.15, 0.2) is 6.07 Å². The number of hydrogen-bond acceptors (Lipinski definition) is 6. The molecule has 7 nitrogen and oxygen atoms in total. The molecule has 1 aromatic rings. The summed E-state index contributed by atoms with van der Waals surface area (Å²) >= 11 is 0. The molecule has 7 heteroatoms. The number of ether oxygens (including phenoxy) is 4. The SMILES string of the molecule is COc1c2c(cc3c1[C@@H](CC(=O)[C@]1(C)CCOC1=O)[N+](C)(C)CC3)OCO2. The lowest BCUT2D eigenvalue weighted by molar-refractivity contribution is -0.922. The number of fused-ring (bicyclic) bond motifs is 2. The largest absolute Gasteiger partial charge is 0.492 e. The van der Waals surface area contributed by atoms with Crippen molar-refractivity contribution >= 4 is 11.8 Å². The summed E-state index contributed by atoms with van der Waals surface area (Å²) < 4.78 is 22.6. The van der Waals surface area contributed by atoms with Crippen LogP contribution in [-0.2, 0) is 20.7 Å². The Labute approximate surface area is 158 Å². The second-order valence-corrected chi connectivity index (χ2v) is 8.33. The number of nitrogens with zero attached hydrogens (tertiary/aromatic N) is 1. The first kappa shape index (κ1) is 18.1. The van der Waals surface area contributed by atoms with Crippen molar-refractivity contribution in [2.45, 2.75) is 32.2 Å². The topological polar surface area (TPSA) is 71.1 Å². The Morgan fingerprint density at radius 3 is 2.78 bits per heavy atom. The highest BCUT2D eigenvalue weighted by molar-refractivity contribution is 6.04. The van der Waals surface area contributed by atoms with Crippen LogP contribution < -0.4 is 14.2 Å². The smallest absolute Gasteiger partial charge is 0.319 e. The number of ketones is 1. The van der Waals surface area contributed by atoms with Gasteiger partial charge in [-0.05, 0) is 18.6 Å². The van der Waals surface area contributed by atoms with Crippen molar-refractivity contribution < 1.29 is 33.0 Å². The number of carbonyl (C=O) groups excluding carboxylic acids is 2. The van der Waals surface area contributed by atoms with Gasteiger partial charge in [-0.2, -0.15) is 0 Å². The minimum Gasteiger partial charge on any atom is -0.492 e. The van der Waals surface area contributed by atoms with E-state index in [2.05, 4.69) is 14.1 Å². The van der Waals surface area contributed by atoms with E-state index >= 15 is 0 Å². The molecule has 0 bridgehead atoms. The van der Waals surface area contributed by atoms with Gasteiger partial charge in [-0.15, -0.1) is 0 Å². The Kier molecular flexibility index (Phi) is 4.10. The summed E-state index contributed by atoms with van der Waals surface area (Å²) in [4.78, 5) is 25.3. The number of carbonyl (C=O) groups is 2. The molecule has 1 saturated heterocycles. The van der Waals surface area contributed by atoms with Gasteiger partial charge in [-0.25, -0.2) is 0 Å².